The van der Waals surface area contributed by atoms with Gasteiger partial charge >= 0.3 is 0 Å². The summed E-state index contributed by atoms with van der Waals surface area (Å²) in [5, 5.41) is 0. The number of hydrogen-bond acceptors (Lipinski definition) is 2. The van der Waals surface area contributed by atoms with Crippen LogP contribution in [-0.2, 0) is 0 Å². The Morgan fingerprint density at radius 1 is 1.40 bits per heavy atom. The van der Waals surface area contributed by atoms with E-state index in [1.807, 2.05) is 0 Å². The van der Waals surface area contributed by atoms with Gasteiger partial charge in [-0.2, -0.15) is 0 Å². The maximum atomic E-state index is 5.15. The molecule has 1 aromatic rings. The Morgan fingerprint density at radius 2 is 2.10 bits per heavy atom. The van der Waals surface area contributed by atoms with Crippen molar-refractivity contribution >= 4 is 0 Å². The van der Waals surface area contributed by atoms with Gasteiger partial charge in [-0.25, -0.2) is 4.98 Å². The van der Waals surface area contributed by atoms with Gasteiger partial charge in [0, 0.05) is 5.92 Å². The van der Waals surface area contributed by atoms with E-state index >= 15 is 0 Å². The quantitative estimate of drug-likeness (QED) is 0.629. The number of nitrogens with zero attached hydrogens (tertiary/aromatic N) is 1. The van der Waals surface area contributed by atoms with E-state index in [1.54, 1.807) is 6.20 Å². The molecule has 0 radical (unpaired) electrons. The maximum Gasteiger partial charge on any atom is 0.180 e. The van der Waals surface area contributed by atoms with Crippen LogP contribution in [0.3, 0.4) is 0 Å². The first-order chi connectivity index (χ1) is 4.72. The van der Waals surface area contributed by atoms with Crippen LogP contribution in [0.5, 0.6) is 0 Å². The molecule has 2 heteroatoms. The average molecular weight is 139 g/mol. The predicted octanol–water partition coefficient (Wildman–Crippen LogP) is 2.43. The van der Waals surface area contributed by atoms with Gasteiger partial charge in [-0.3, -0.25) is 0 Å². The van der Waals surface area contributed by atoms with Crippen molar-refractivity contribution in [3.8, 4) is 0 Å². The molecule has 0 amide bonds. The summed E-state index contributed by atoms with van der Waals surface area (Å²) in [6, 6.07) is 0. The molecule has 1 aromatic heterocycles. The normalized spacial score (nSPS) is 14.0. The topological polar surface area (TPSA) is 26.0 Å². The van der Waals surface area contributed by atoms with E-state index in [0.717, 1.165) is 5.76 Å². The molecule has 0 fully saturated rings. The molecule has 1 unspecified atom stereocenters. The SMILES string of the molecule is CC(C)C(C)c1cnco1. The first-order valence-electron chi connectivity index (χ1n) is 3.60. The van der Waals surface area contributed by atoms with Crippen LogP contribution >= 0.6 is 0 Å². The zero-order valence-electron chi connectivity index (χ0n) is 6.66. The molecule has 2 nitrogen and oxygen atoms in total. The van der Waals surface area contributed by atoms with Crippen LogP contribution in [0.1, 0.15) is 32.4 Å². The van der Waals surface area contributed by atoms with Crippen molar-refractivity contribution in [2.24, 2.45) is 5.92 Å². The molecular formula is C8H13NO. The Balaban J connectivity index is 2.68. The van der Waals surface area contributed by atoms with Gasteiger partial charge in [0.25, 0.3) is 0 Å². The van der Waals surface area contributed by atoms with E-state index < -0.39 is 0 Å². The van der Waals surface area contributed by atoms with Gasteiger partial charge in [-0.15, -0.1) is 0 Å². The van der Waals surface area contributed by atoms with E-state index in [4.69, 9.17) is 4.42 Å². The maximum absolute atomic E-state index is 5.15. The molecule has 1 atom stereocenters. The van der Waals surface area contributed by atoms with Gasteiger partial charge in [0.05, 0.1) is 6.20 Å². The summed E-state index contributed by atoms with van der Waals surface area (Å²) in [7, 11) is 0. The van der Waals surface area contributed by atoms with Crippen molar-refractivity contribution in [1.82, 2.24) is 4.98 Å². The van der Waals surface area contributed by atoms with Gasteiger partial charge in [0.15, 0.2) is 6.39 Å². The molecule has 1 rings (SSSR count). The van der Waals surface area contributed by atoms with Crippen LogP contribution in [0.4, 0.5) is 0 Å². The summed E-state index contributed by atoms with van der Waals surface area (Å²) in [5.74, 6) is 2.07. The van der Waals surface area contributed by atoms with Crippen LogP contribution in [0.25, 0.3) is 0 Å². The van der Waals surface area contributed by atoms with E-state index in [-0.39, 0.29) is 0 Å². The van der Waals surface area contributed by atoms with Crippen molar-refractivity contribution in [2.75, 3.05) is 0 Å². The van der Waals surface area contributed by atoms with Gasteiger partial charge in [0.2, 0.25) is 0 Å². The Labute approximate surface area is 61.3 Å². The first-order valence-corrected chi connectivity index (χ1v) is 3.60. The number of aromatic nitrogens is 1. The largest absolute Gasteiger partial charge is 0.448 e. The third-order valence-electron chi connectivity index (χ3n) is 1.90. The Hall–Kier alpha value is -0.790. The van der Waals surface area contributed by atoms with Gasteiger partial charge in [0.1, 0.15) is 5.76 Å². The Morgan fingerprint density at radius 3 is 2.50 bits per heavy atom. The second-order valence-electron chi connectivity index (χ2n) is 2.94. The van der Waals surface area contributed by atoms with Crippen LogP contribution in [-0.4, -0.2) is 4.98 Å². The summed E-state index contributed by atoms with van der Waals surface area (Å²) < 4.78 is 5.15. The number of hydrogen-bond donors (Lipinski definition) is 0. The predicted molar refractivity (Wildman–Crippen MR) is 39.8 cm³/mol. The van der Waals surface area contributed by atoms with Crippen LogP contribution in [0.15, 0.2) is 17.0 Å². The molecule has 0 aliphatic rings. The lowest BCUT2D eigenvalue weighted by Crippen LogP contribution is -1.99. The van der Waals surface area contributed by atoms with Crippen molar-refractivity contribution < 1.29 is 4.42 Å². The standard InChI is InChI=1S/C8H13NO/c1-6(2)7(3)8-4-9-5-10-8/h4-7H,1-3H3. The molecule has 0 aliphatic heterocycles. The van der Waals surface area contributed by atoms with E-state index in [9.17, 15) is 0 Å². The van der Waals surface area contributed by atoms with Crippen LogP contribution in [0, 0.1) is 5.92 Å². The second-order valence-corrected chi connectivity index (χ2v) is 2.94. The lowest BCUT2D eigenvalue weighted by molar-refractivity contribution is 0.413. The molecule has 0 aliphatic carbocycles. The lowest BCUT2D eigenvalue weighted by Gasteiger charge is -2.10. The molecule has 0 saturated heterocycles. The smallest absolute Gasteiger partial charge is 0.180 e. The van der Waals surface area contributed by atoms with Gasteiger partial charge in [-0.1, -0.05) is 20.8 Å². The highest BCUT2D eigenvalue weighted by Gasteiger charge is 2.11. The molecule has 0 bridgehead atoms. The zero-order valence-corrected chi connectivity index (χ0v) is 6.66. The Kier molecular flexibility index (Phi) is 2.10. The summed E-state index contributed by atoms with van der Waals surface area (Å²) in [4.78, 5) is 3.86. The van der Waals surface area contributed by atoms with Gasteiger partial charge < -0.3 is 4.42 Å². The molecule has 0 spiro atoms. The van der Waals surface area contributed by atoms with Crippen molar-refractivity contribution in [2.45, 2.75) is 26.7 Å². The second kappa shape index (κ2) is 2.86. The molecule has 0 saturated carbocycles. The molecule has 56 valence electrons. The minimum atomic E-state index is 0.475. The molecule has 10 heavy (non-hydrogen) atoms. The minimum Gasteiger partial charge on any atom is -0.448 e. The third kappa shape index (κ3) is 1.38. The molecular weight excluding hydrogens is 126 g/mol. The number of rotatable bonds is 2. The highest BCUT2D eigenvalue weighted by molar-refractivity contribution is 4.97. The van der Waals surface area contributed by atoms with Crippen LogP contribution in [0.2, 0.25) is 0 Å². The molecule has 1 heterocycles. The van der Waals surface area contributed by atoms with E-state index in [2.05, 4.69) is 25.8 Å². The van der Waals surface area contributed by atoms with E-state index in [1.165, 1.54) is 6.39 Å². The first kappa shape index (κ1) is 7.32. The fourth-order valence-electron chi connectivity index (χ4n) is 0.779. The summed E-state index contributed by atoms with van der Waals surface area (Å²) in [6.45, 7) is 6.49. The lowest BCUT2D eigenvalue weighted by atomic mass is 9.96. The van der Waals surface area contributed by atoms with Crippen molar-refractivity contribution in [3.05, 3.63) is 18.4 Å². The van der Waals surface area contributed by atoms with Crippen molar-refractivity contribution in [3.63, 3.8) is 0 Å². The minimum absolute atomic E-state index is 0.475. The zero-order chi connectivity index (χ0) is 7.56. The van der Waals surface area contributed by atoms with Crippen LogP contribution < -0.4 is 0 Å². The Bertz CT molecular complexity index is 179. The van der Waals surface area contributed by atoms with Crippen molar-refractivity contribution in [1.29, 1.82) is 0 Å². The summed E-state index contributed by atoms with van der Waals surface area (Å²) >= 11 is 0. The average Bonchev–Trinajstić information content (AvgIpc) is 2.36. The highest BCUT2D eigenvalue weighted by Crippen LogP contribution is 2.22. The summed E-state index contributed by atoms with van der Waals surface area (Å²) in [6.07, 6.45) is 3.26. The fraction of sp³-hybridized carbons (Fsp3) is 0.625. The fourth-order valence-corrected chi connectivity index (χ4v) is 0.779. The molecule has 0 N–H and O–H groups in total. The van der Waals surface area contributed by atoms with Gasteiger partial charge in [-0.05, 0) is 5.92 Å². The third-order valence-corrected chi connectivity index (χ3v) is 1.90. The van der Waals surface area contributed by atoms with E-state index in [0.29, 0.717) is 11.8 Å². The molecule has 0 aromatic carbocycles. The number of oxazole rings is 1. The highest BCUT2D eigenvalue weighted by atomic mass is 16.3. The monoisotopic (exact) mass is 139 g/mol. The summed E-state index contributed by atoms with van der Waals surface area (Å²) in [5.41, 5.74) is 0.